The quantitative estimate of drug-likeness (QED) is 0.133. The standard InChI is InChI=1S/C31H35F3N2O6/c1-2-3-15-35-25-13-11-23(12-14-25)29(37)41-20-18-39-16-17-40-19-21-42-30(38)27-9-4-5-10-28(27)36-26-8-6-7-24(22-26)31(32,33)34/h4-14,22,35-36H,2-3,15-21H2,1H3. The Morgan fingerprint density at radius 1 is 0.738 bits per heavy atom. The molecule has 0 spiro atoms. The fraction of sp³-hybridized carbons (Fsp3) is 0.355. The predicted octanol–water partition coefficient (Wildman–Crippen LogP) is 6.71. The molecule has 8 nitrogen and oxygen atoms in total. The van der Waals surface area contributed by atoms with Crippen LogP contribution in [0, 0.1) is 0 Å². The van der Waals surface area contributed by atoms with Gasteiger partial charge in [0.25, 0.3) is 0 Å². The molecule has 226 valence electrons. The first-order valence-electron chi connectivity index (χ1n) is 13.6. The molecule has 0 aliphatic heterocycles. The van der Waals surface area contributed by atoms with E-state index in [1.807, 2.05) is 12.1 Å². The molecule has 0 saturated heterocycles. The third-order valence-corrected chi connectivity index (χ3v) is 5.89. The molecular formula is C31H35F3N2O6. The highest BCUT2D eigenvalue weighted by molar-refractivity contribution is 5.96. The Hall–Kier alpha value is -4.09. The Balaban J connectivity index is 1.28. The van der Waals surface area contributed by atoms with Crippen LogP contribution in [0.2, 0.25) is 0 Å². The van der Waals surface area contributed by atoms with Crippen LogP contribution in [0.3, 0.4) is 0 Å². The minimum Gasteiger partial charge on any atom is -0.460 e. The largest absolute Gasteiger partial charge is 0.460 e. The SMILES string of the molecule is CCCCNc1ccc(C(=O)OCCOCCOCCOC(=O)c2ccccc2Nc2cccc(C(F)(F)F)c2)cc1. The van der Waals surface area contributed by atoms with Gasteiger partial charge in [-0.15, -0.1) is 0 Å². The second-order valence-corrected chi connectivity index (χ2v) is 9.10. The van der Waals surface area contributed by atoms with E-state index in [-0.39, 0.29) is 50.9 Å². The minimum atomic E-state index is -4.48. The molecule has 3 aromatic carbocycles. The zero-order valence-corrected chi connectivity index (χ0v) is 23.4. The maximum absolute atomic E-state index is 13.0. The van der Waals surface area contributed by atoms with Crippen LogP contribution >= 0.6 is 0 Å². The molecule has 0 bridgehead atoms. The van der Waals surface area contributed by atoms with Crippen LogP contribution in [-0.4, -0.2) is 58.1 Å². The average Bonchev–Trinajstić information content (AvgIpc) is 2.98. The summed E-state index contributed by atoms with van der Waals surface area (Å²) in [4.78, 5) is 24.7. The Bertz CT molecular complexity index is 1270. The van der Waals surface area contributed by atoms with E-state index in [0.717, 1.165) is 37.2 Å². The molecule has 0 radical (unpaired) electrons. The van der Waals surface area contributed by atoms with Gasteiger partial charge in [-0.05, 0) is 61.0 Å². The zero-order chi connectivity index (χ0) is 30.2. The van der Waals surface area contributed by atoms with Crippen molar-refractivity contribution in [3.63, 3.8) is 0 Å². The molecule has 3 rings (SSSR count). The van der Waals surface area contributed by atoms with E-state index < -0.39 is 23.7 Å². The fourth-order valence-electron chi connectivity index (χ4n) is 3.70. The lowest BCUT2D eigenvalue weighted by molar-refractivity contribution is -0.137. The van der Waals surface area contributed by atoms with Crippen LogP contribution in [0.1, 0.15) is 46.0 Å². The van der Waals surface area contributed by atoms with Crippen molar-refractivity contribution in [1.29, 1.82) is 0 Å². The first kappa shape index (κ1) is 32.4. The first-order chi connectivity index (χ1) is 20.3. The van der Waals surface area contributed by atoms with Gasteiger partial charge in [-0.3, -0.25) is 0 Å². The Morgan fingerprint density at radius 3 is 2.05 bits per heavy atom. The number of esters is 2. The number of para-hydroxylation sites is 1. The van der Waals surface area contributed by atoms with Crippen molar-refractivity contribution in [2.45, 2.75) is 25.9 Å². The van der Waals surface area contributed by atoms with E-state index >= 15 is 0 Å². The molecule has 0 amide bonds. The normalized spacial score (nSPS) is 11.1. The number of unbranched alkanes of at least 4 members (excludes halogenated alkanes) is 1. The molecule has 0 saturated carbocycles. The number of alkyl halides is 3. The molecule has 3 aromatic rings. The molecule has 0 unspecified atom stereocenters. The second-order valence-electron chi connectivity index (χ2n) is 9.10. The molecule has 0 aromatic heterocycles. The molecule has 0 atom stereocenters. The van der Waals surface area contributed by atoms with Gasteiger partial charge in [0.2, 0.25) is 0 Å². The maximum Gasteiger partial charge on any atom is 0.416 e. The summed E-state index contributed by atoms with van der Waals surface area (Å²) in [5, 5.41) is 6.13. The number of hydrogen-bond donors (Lipinski definition) is 2. The number of nitrogens with one attached hydrogen (secondary N) is 2. The molecule has 0 aliphatic carbocycles. The van der Waals surface area contributed by atoms with E-state index in [2.05, 4.69) is 17.6 Å². The van der Waals surface area contributed by atoms with Crippen LogP contribution in [0.25, 0.3) is 0 Å². The minimum absolute atomic E-state index is 0.0265. The molecule has 2 N–H and O–H groups in total. The van der Waals surface area contributed by atoms with Crippen molar-refractivity contribution in [3.8, 4) is 0 Å². The second kappa shape index (κ2) is 17.0. The van der Waals surface area contributed by atoms with Crippen molar-refractivity contribution in [2.24, 2.45) is 0 Å². The molecule has 0 heterocycles. The van der Waals surface area contributed by atoms with Gasteiger partial charge in [-0.1, -0.05) is 31.5 Å². The fourth-order valence-corrected chi connectivity index (χ4v) is 3.70. The highest BCUT2D eigenvalue weighted by atomic mass is 19.4. The van der Waals surface area contributed by atoms with Gasteiger partial charge >= 0.3 is 18.1 Å². The van der Waals surface area contributed by atoms with Gasteiger partial charge in [-0.25, -0.2) is 9.59 Å². The molecule has 0 fully saturated rings. The number of halogens is 3. The van der Waals surface area contributed by atoms with Gasteiger partial charge in [0, 0.05) is 17.9 Å². The smallest absolute Gasteiger partial charge is 0.416 e. The van der Waals surface area contributed by atoms with Crippen molar-refractivity contribution < 1.29 is 41.7 Å². The number of carbonyl (C=O) groups is 2. The molecular weight excluding hydrogens is 553 g/mol. The number of carbonyl (C=O) groups excluding carboxylic acids is 2. The van der Waals surface area contributed by atoms with Gasteiger partial charge in [0.1, 0.15) is 13.2 Å². The Kier molecular flexibility index (Phi) is 13.1. The summed E-state index contributed by atoms with van der Waals surface area (Å²) < 4.78 is 60.3. The van der Waals surface area contributed by atoms with Crippen LogP contribution < -0.4 is 10.6 Å². The summed E-state index contributed by atoms with van der Waals surface area (Å²) in [6.07, 6.45) is -2.30. The summed E-state index contributed by atoms with van der Waals surface area (Å²) in [6.45, 7) is 3.90. The van der Waals surface area contributed by atoms with E-state index in [0.29, 0.717) is 11.3 Å². The Labute approximate surface area is 243 Å². The lowest BCUT2D eigenvalue weighted by Crippen LogP contribution is -2.15. The van der Waals surface area contributed by atoms with E-state index in [9.17, 15) is 22.8 Å². The maximum atomic E-state index is 13.0. The lowest BCUT2D eigenvalue weighted by atomic mass is 10.1. The van der Waals surface area contributed by atoms with Crippen LogP contribution in [0.4, 0.5) is 30.2 Å². The highest BCUT2D eigenvalue weighted by Crippen LogP contribution is 2.32. The number of anilines is 3. The van der Waals surface area contributed by atoms with Gasteiger partial charge < -0.3 is 29.6 Å². The summed E-state index contributed by atoms with van der Waals surface area (Å²) >= 11 is 0. The summed E-state index contributed by atoms with van der Waals surface area (Å²) in [6, 6.07) is 18.2. The first-order valence-corrected chi connectivity index (χ1v) is 13.6. The Morgan fingerprint density at radius 2 is 1.38 bits per heavy atom. The van der Waals surface area contributed by atoms with Crippen LogP contribution in [0.5, 0.6) is 0 Å². The topological polar surface area (TPSA) is 95.1 Å². The van der Waals surface area contributed by atoms with Crippen LogP contribution in [-0.2, 0) is 25.1 Å². The van der Waals surface area contributed by atoms with Crippen molar-refractivity contribution in [3.05, 3.63) is 89.5 Å². The molecule has 11 heteroatoms. The van der Waals surface area contributed by atoms with Gasteiger partial charge in [0.15, 0.2) is 0 Å². The predicted molar refractivity (Wildman–Crippen MR) is 153 cm³/mol. The monoisotopic (exact) mass is 588 g/mol. The third kappa shape index (κ3) is 11.1. The highest BCUT2D eigenvalue weighted by Gasteiger charge is 2.30. The van der Waals surface area contributed by atoms with E-state index in [1.165, 1.54) is 18.2 Å². The van der Waals surface area contributed by atoms with E-state index in [1.54, 1.807) is 30.3 Å². The average molecular weight is 589 g/mol. The molecule has 42 heavy (non-hydrogen) atoms. The van der Waals surface area contributed by atoms with Crippen molar-refractivity contribution in [2.75, 3.05) is 56.8 Å². The summed E-state index contributed by atoms with van der Waals surface area (Å²) in [5.41, 5.74) is 1.29. The third-order valence-electron chi connectivity index (χ3n) is 5.89. The zero-order valence-electron chi connectivity index (χ0n) is 23.4. The van der Waals surface area contributed by atoms with Crippen molar-refractivity contribution >= 4 is 29.0 Å². The van der Waals surface area contributed by atoms with Gasteiger partial charge in [0.05, 0.1) is 48.8 Å². The number of hydrogen-bond acceptors (Lipinski definition) is 8. The summed E-state index contributed by atoms with van der Waals surface area (Å²) in [7, 11) is 0. The number of rotatable bonds is 17. The molecule has 0 aliphatic rings. The number of benzene rings is 3. The number of ether oxygens (including phenoxy) is 4. The summed E-state index contributed by atoms with van der Waals surface area (Å²) in [5.74, 6) is -1.07. The van der Waals surface area contributed by atoms with Crippen molar-refractivity contribution in [1.82, 2.24) is 0 Å². The lowest BCUT2D eigenvalue weighted by Gasteiger charge is -2.13. The van der Waals surface area contributed by atoms with E-state index in [4.69, 9.17) is 18.9 Å². The van der Waals surface area contributed by atoms with Gasteiger partial charge in [-0.2, -0.15) is 13.2 Å². The van der Waals surface area contributed by atoms with Crippen LogP contribution in [0.15, 0.2) is 72.8 Å².